The molecule has 3 aromatic heterocycles. The molecular formula is C45H28N4O. The minimum absolute atomic E-state index is 0.634. The predicted octanol–water partition coefficient (Wildman–Crippen LogP) is 11.5. The molecule has 5 heteroatoms. The van der Waals surface area contributed by atoms with Gasteiger partial charge in [0.25, 0.3) is 0 Å². The molecule has 0 atom stereocenters. The van der Waals surface area contributed by atoms with E-state index >= 15 is 0 Å². The first-order valence-corrected chi connectivity index (χ1v) is 16.7. The largest absolute Gasteiger partial charge is 0.456 e. The minimum atomic E-state index is 0.634. The molecule has 0 amide bonds. The molecule has 10 aromatic rings. The van der Waals surface area contributed by atoms with Crippen molar-refractivity contribution in [3.63, 3.8) is 0 Å². The Balaban J connectivity index is 1.16. The number of hydrogen-bond acceptors (Lipinski definition) is 4. The summed E-state index contributed by atoms with van der Waals surface area (Å²) >= 11 is 0. The molecule has 50 heavy (non-hydrogen) atoms. The van der Waals surface area contributed by atoms with Crippen LogP contribution in [0.25, 0.3) is 94.7 Å². The van der Waals surface area contributed by atoms with Gasteiger partial charge in [-0.15, -0.1) is 0 Å². The van der Waals surface area contributed by atoms with Crippen molar-refractivity contribution < 1.29 is 4.42 Å². The lowest BCUT2D eigenvalue weighted by Gasteiger charge is -2.11. The summed E-state index contributed by atoms with van der Waals surface area (Å²) in [6, 6.07) is 58.7. The summed E-state index contributed by atoms with van der Waals surface area (Å²) in [5.74, 6) is 1.93. The van der Waals surface area contributed by atoms with Crippen molar-refractivity contribution in [2.75, 3.05) is 0 Å². The first kappa shape index (κ1) is 28.2. The smallest absolute Gasteiger partial charge is 0.164 e. The minimum Gasteiger partial charge on any atom is -0.456 e. The van der Waals surface area contributed by atoms with Gasteiger partial charge in [-0.2, -0.15) is 0 Å². The van der Waals surface area contributed by atoms with Crippen LogP contribution in [0.15, 0.2) is 174 Å². The van der Waals surface area contributed by atoms with E-state index in [4.69, 9.17) is 19.4 Å². The van der Waals surface area contributed by atoms with Gasteiger partial charge in [0.2, 0.25) is 0 Å². The van der Waals surface area contributed by atoms with Gasteiger partial charge >= 0.3 is 0 Å². The van der Waals surface area contributed by atoms with Crippen molar-refractivity contribution in [3.8, 4) is 51.0 Å². The molecule has 0 saturated heterocycles. The van der Waals surface area contributed by atoms with Gasteiger partial charge in [-0.25, -0.2) is 15.0 Å². The van der Waals surface area contributed by atoms with Crippen molar-refractivity contribution in [2.24, 2.45) is 0 Å². The van der Waals surface area contributed by atoms with Gasteiger partial charge in [-0.1, -0.05) is 127 Å². The third kappa shape index (κ3) is 4.60. The van der Waals surface area contributed by atoms with Gasteiger partial charge in [0.15, 0.2) is 17.5 Å². The maximum Gasteiger partial charge on any atom is 0.164 e. The Labute approximate surface area is 287 Å². The van der Waals surface area contributed by atoms with E-state index in [0.29, 0.717) is 17.5 Å². The van der Waals surface area contributed by atoms with E-state index in [1.807, 2.05) is 72.8 Å². The molecule has 0 aliphatic rings. The number of fused-ring (bicyclic) bond motifs is 6. The quantitative estimate of drug-likeness (QED) is 0.188. The van der Waals surface area contributed by atoms with Crippen LogP contribution in [-0.4, -0.2) is 19.5 Å². The third-order valence-electron chi connectivity index (χ3n) is 9.45. The van der Waals surface area contributed by atoms with Crippen molar-refractivity contribution >= 4 is 43.7 Å². The molecular weight excluding hydrogens is 613 g/mol. The number of benzene rings is 7. The molecule has 0 spiro atoms. The van der Waals surface area contributed by atoms with Crippen LogP contribution in [0.1, 0.15) is 0 Å². The van der Waals surface area contributed by atoms with E-state index < -0.39 is 0 Å². The van der Waals surface area contributed by atoms with Gasteiger partial charge in [-0.05, 0) is 53.6 Å². The van der Waals surface area contributed by atoms with Gasteiger partial charge in [0, 0.05) is 43.9 Å². The average Bonchev–Trinajstić information content (AvgIpc) is 3.74. The highest BCUT2D eigenvalue weighted by atomic mass is 16.3. The average molecular weight is 641 g/mol. The van der Waals surface area contributed by atoms with Gasteiger partial charge < -0.3 is 8.98 Å². The first-order chi connectivity index (χ1) is 24.8. The second-order valence-electron chi connectivity index (χ2n) is 12.5. The van der Waals surface area contributed by atoms with E-state index in [1.165, 1.54) is 10.8 Å². The van der Waals surface area contributed by atoms with E-state index in [0.717, 1.165) is 66.5 Å². The Bertz CT molecular complexity index is 2810. The molecule has 0 N–H and O–H groups in total. The molecule has 10 rings (SSSR count). The van der Waals surface area contributed by atoms with E-state index in [1.54, 1.807) is 0 Å². The maximum absolute atomic E-state index is 6.17. The fraction of sp³-hybridized carbons (Fsp3) is 0. The zero-order chi connectivity index (χ0) is 33.0. The highest BCUT2D eigenvalue weighted by molar-refractivity contribution is 6.16. The Morgan fingerprint density at radius 1 is 0.380 bits per heavy atom. The highest BCUT2D eigenvalue weighted by Gasteiger charge is 2.18. The molecule has 0 aliphatic heterocycles. The number of hydrogen-bond donors (Lipinski definition) is 0. The van der Waals surface area contributed by atoms with E-state index in [9.17, 15) is 0 Å². The van der Waals surface area contributed by atoms with Gasteiger partial charge in [0.1, 0.15) is 11.2 Å². The lowest BCUT2D eigenvalue weighted by molar-refractivity contribution is 0.669. The number of aromatic nitrogens is 4. The second kappa shape index (κ2) is 11.4. The summed E-state index contributed by atoms with van der Waals surface area (Å²) in [6.45, 7) is 0. The van der Waals surface area contributed by atoms with Crippen LogP contribution < -0.4 is 0 Å². The molecule has 0 radical (unpaired) electrons. The zero-order valence-corrected chi connectivity index (χ0v) is 26.9. The van der Waals surface area contributed by atoms with Gasteiger partial charge in [0.05, 0.1) is 11.0 Å². The second-order valence-corrected chi connectivity index (χ2v) is 12.5. The summed E-state index contributed by atoms with van der Waals surface area (Å²) in [5, 5.41) is 4.61. The molecule has 234 valence electrons. The predicted molar refractivity (Wildman–Crippen MR) is 203 cm³/mol. The first-order valence-electron chi connectivity index (χ1n) is 16.7. The fourth-order valence-electron chi connectivity index (χ4n) is 7.15. The molecule has 5 nitrogen and oxygen atoms in total. The molecule has 0 bridgehead atoms. The highest BCUT2D eigenvalue weighted by Crippen LogP contribution is 2.40. The summed E-state index contributed by atoms with van der Waals surface area (Å²) in [4.78, 5) is 14.9. The van der Waals surface area contributed by atoms with Crippen LogP contribution in [-0.2, 0) is 0 Å². The monoisotopic (exact) mass is 640 g/mol. The van der Waals surface area contributed by atoms with Crippen LogP contribution in [0, 0.1) is 0 Å². The lowest BCUT2D eigenvalue weighted by atomic mass is 9.97. The summed E-state index contributed by atoms with van der Waals surface area (Å²) in [5.41, 5.74) is 10.2. The van der Waals surface area contributed by atoms with Crippen LogP contribution in [0.5, 0.6) is 0 Å². The van der Waals surface area contributed by atoms with Crippen LogP contribution >= 0.6 is 0 Å². The Morgan fingerprint density at radius 3 is 1.70 bits per heavy atom. The van der Waals surface area contributed by atoms with Crippen LogP contribution in [0.2, 0.25) is 0 Å². The molecule has 3 heterocycles. The Kier molecular flexibility index (Phi) is 6.42. The normalized spacial score (nSPS) is 11.6. The van der Waals surface area contributed by atoms with Crippen LogP contribution in [0.4, 0.5) is 0 Å². The molecule has 0 aliphatic carbocycles. The molecule has 0 unspecified atom stereocenters. The molecule has 7 aromatic carbocycles. The standard InChI is InChI=1S/C45H28N4O/c1-3-13-29(14-4-1)43-46-44(30-15-5-2-6-16-30)48-45(47-43)32-18-11-17-31(27-32)34-21-12-23-39-42(34)36-20-7-9-22-38(36)49(39)33-25-26-41-37(28-33)35-19-8-10-24-40(35)50-41/h1-28H. The Hall–Kier alpha value is -6.85. The summed E-state index contributed by atoms with van der Waals surface area (Å²) in [6.07, 6.45) is 0. The SMILES string of the molecule is c1ccc(-c2nc(-c3ccccc3)nc(-c3cccc(-c4cccc5c4c4ccccc4n5-c4ccc5oc6ccccc6c5c4)c3)n2)cc1. The Morgan fingerprint density at radius 2 is 0.940 bits per heavy atom. The zero-order valence-electron chi connectivity index (χ0n) is 26.9. The van der Waals surface area contributed by atoms with Gasteiger partial charge in [-0.3, -0.25) is 0 Å². The van der Waals surface area contributed by atoms with Crippen molar-refractivity contribution in [3.05, 3.63) is 170 Å². The summed E-state index contributed by atoms with van der Waals surface area (Å²) < 4.78 is 8.53. The lowest BCUT2D eigenvalue weighted by Crippen LogP contribution is -2.00. The van der Waals surface area contributed by atoms with E-state index in [-0.39, 0.29) is 0 Å². The number of rotatable bonds is 5. The maximum atomic E-state index is 6.17. The van der Waals surface area contributed by atoms with Crippen molar-refractivity contribution in [1.82, 2.24) is 19.5 Å². The topological polar surface area (TPSA) is 56.7 Å². The number of para-hydroxylation sites is 2. The van der Waals surface area contributed by atoms with E-state index in [2.05, 4.69) is 102 Å². The van der Waals surface area contributed by atoms with Crippen molar-refractivity contribution in [2.45, 2.75) is 0 Å². The van der Waals surface area contributed by atoms with Crippen molar-refractivity contribution in [1.29, 1.82) is 0 Å². The third-order valence-corrected chi connectivity index (χ3v) is 9.45. The van der Waals surface area contributed by atoms with Crippen LogP contribution in [0.3, 0.4) is 0 Å². The number of nitrogens with zero attached hydrogens (tertiary/aromatic N) is 4. The fourth-order valence-corrected chi connectivity index (χ4v) is 7.15. The summed E-state index contributed by atoms with van der Waals surface area (Å²) in [7, 11) is 0. The molecule has 0 saturated carbocycles. The number of furan rings is 1. The molecule has 0 fully saturated rings.